The van der Waals surface area contributed by atoms with Gasteiger partial charge in [0.15, 0.2) is 0 Å². The number of ether oxygens (including phenoxy) is 1. The molecule has 1 N–H and O–H groups in total. The minimum atomic E-state index is -0.502. The monoisotopic (exact) mass is 378 g/mol. The SMILES string of the molecule is COc1cccc(NC(=O)[C@@H](c2ccccc2)N(C)Cc2ccc(F)cc2)c1. The molecule has 0 heterocycles. The van der Waals surface area contributed by atoms with Crippen molar-refractivity contribution in [3.8, 4) is 5.75 Å². The van der Waals surface area contributed by atoms with Gasteiger partial charge in [0.05, 0.1) is 7.11 Å². The Bertz CT molecular complexity index is 913. The summed E-state index contributed by atoms with van der Waals surface area (Å²) in [6, 6.07) is 22.7. The largest absolute Gasteiger partial charge is 0.497 e. The molecule has 144 valence electrons. The normalized spacial score (nSPS) is 11.9. The Morgan fingerprint density at radius 2 is 1.75 bits per heavy atom. The van der Waals surface area contributed by atoms with Crippen molar-refractivity contribution in [3.05, 3.63) is 95.8 Å². The van der Waals surface area contributed by atoms with Crippen molar-refractivity contribution in [2.75, 3.05) is 19.5 Å². The number of hydrogen-bond acceptors (Lipinski definition) is 3. The summed E-state index contributed by atoms with van der Waals surface area (Å²) in [5, 5.41) is 2.97. The van der Waals surface area contributed by atoms with E-state index in [-0.39, 0.29) is 11.7 Å². The molecular formula is C23H23FN2O2. The van der Waals surface area contributed by atoms with Crippen molar-refractivity contribution in [2.24, 2.45) is 0 Å². The van der Waals surface area contributed by atoms with Crippen LogP contribution >= 0.6 is 0 Å². The first kappa shape index (κ1) is 19.6. The molecule has 0 saturated carbocycles. The Hall–Kier alpha value is -3.18. The number of halogens is 1. The van der Waals surface area contributed by atoms with Gasteiger partial charge in [-0.05, 0) is 42.4 Å². The van der Waals surface area contributed by atoms with Crippen molar-refractivity contribution in [1.82, 2.24) is 4.90 Å². The van der Waals surface area contributed by atoms with Gasteiger partial charge in [0.2, 0.25) is 5.91 Å². The van der Waals surface area contributed by atoms with E-state index in [1.54, 1.807) is 25.3 Å². The van der Waals surface area contributed by atoms with Crippen LogP contribution in [0.25, 0.3) is 0 Å². The van der Waals surface area contributed by atoms with E-state index in [1.165, 1.54) is 12.1 Å². The number of nitrogens with one attached hydrogen (secondary N) is 1. The average Bonchev–Trinajstić information content (AvgIpc) is 2.71. The van der Waals surface area contributed by atoms with Crippen LogP contribution in [-0.2, 0) is 11.3 Å². The fourth-order valence-electron chi connectivity index (χ4n) is 3.12. The fraction of sp³-hybridized carbons (Fsp3) is 0.174. The van der Waals surface area contributed by atoms with Crippen molar-refractivity contribution < 1.29 is 13.9 Å². The lowest BCUT2D eigenvalue weighted by Crippen LogP contribution is -2.34. The van der Waals surface area contributed by atoms with Crippen molar-refractivity contribution in [2.45, 2.75) is 12.6 Å². The molecule has 0 bridgehead atoms. The fourth-order valence-corrected chi connectivity index (χ4v) is 3.12. The number of benzene rings is 3. The van der Waals surface area contributed by atoms with E-state index in [2.05, 4.69) is 5.32 Å². The molecule has 0 spiro atoms. The third kappa shape index (κ3) is 4.96. The first-order valence-electron chi connectivity index (χ1n) is 9.01. The molecule has 0 saturated heterocycles. The molecule has 0 aromatic heterocycles. The molecular weight excluding hydrogens is 355 g/mol. The Labute approximate surface area is 164 Å². The topological polar surface area (TPSA) is 41.6 Å². The maximum Gasteiger partial charge on any atom is 0.246 e. The molecule has 1 atom stereocenters. The molecule has 0 aliphatic rings. The van der Waals surface area contributed by atoms with Gasteiger partial charge < -0.3 is 10.1 Å². The Morgan fingerprint density at radius 1 is 1.04 bits per heavy atom. The highest BCUT2D eigenvalue weighted by Gasteiger charge is 2.25. The van der Waals surface area contributed by atoms with E-state index < -0.39 is 6.04 Å². The van der Waals surface area contributed by atoms with Crippen LogP contribution in [0.4, 0.5) is 10.1 Å². The quantitative estimate of drug-likeness (QED) is 0.651. The number of rotatable bonds is 7. The number of anilines is 1. The van der Waals surface area contributed by atoms with Crippen LogP contribution in [-0.4, -0.2) is 25.0 Å². The number of hydrogen-bond donors (Lipinski definition) is 1. The zero-order chi connectivity index (χ0) is 19.9. The summed E-state index contributed by atoms with van der Waals surface area (Å²) in [4.78, 5) is 15.1. The first-order chi connectivity index (χ1) is 13.6. The summed E-state index contributed by atoms with van der Waals surface area (Å²) in [6.07, 6.45) is 0. The summed E-state index contributed by atoms with van der Waals surface area (Å²) in [7, 11) is 3.47. The summed E-state index contributed by atoms with van der Waals surface area (Å²) >= 11 is 0. The highest BCUT2D eigenvalue weighted by molar-refractivity contribution is 5.95. The summed E-state index contributed by atoms with van der Waals surface area (Å²) < 4.78 is 18.4. The van der Waals surface area contributed by atoms with Crippen molar-refractivity contribution in [3.63, 3.8) is 0 Å². The Morgan fingerprint density at radius 3 is 2.43 bits per heavy atom. The molecule has 0 aliphatic carbocycles. The van der Waals surface area contributed by atoms with Gasteiger partial charge >= 0.3 is 0 Å². The second-order valence-corrected chi connectivity index (χ2v) is 6.58. The van der Waals surface area contributed by atoms with Gasteiger partial charge in [-0.2, -0.15) is 0 Å². The predicted molar refractivity (Wildman–Crippen MR) is 109 cm³/mol. The van der Waals surface area contributed by atoms with E-state index in [0.29, 0.717) is 18.0 Å². The van der Waals surface area contributed by atoms with Crippen LogP contribution in [0.15, 0.2) is 78.9 Å². The second kappa shape index (κ2) is 9.15. The van der Waals surface area contributed by atoms with E-state index >= 15 is 0 Å². The van der Waals surface area contributed by atoms with Crippen molar-refractivity contribution in [1.29, 1.82) is 0 Å². The number of carbonyl (C=O) groups is 1. The maximum absolute atomic E-state index is 13.2. The van der Waals surface area contributed by atoms with Gasteiger partial charge in [-0.3, -0.25) is 9.69 Å². The highest BCUT2D eigenvalue weighted by Crippen LogP contribution is 2.25. The van der Waals surface area contributed by atoms with E-state index in [4.69, 9.17) is 4.74 Å². The number of amides is 1. The number of carbonyl (C=O) groups excluding carboxylic acids is 1. The van der Waals surface area contributed by atoms with Gasteiger partial charge in [-0.1, -0.05) is 48.5 Å². The standard InChI is InChI=1S/C23H23FN2O2/c1-26(16-17-11-13-19(24)14-12-17)22(18-7-4-3-5-8-18)23(27)25-20-9-6-10-21(15-20)28-2/h3-15,22H,16H2,1-2H3,(H,25,27)/t22-/m1/s1. The van der Waals surface area contributed by atoms with E-state index in [1.807, 2.05) is 60.5 Å². The zero-order valence-corrected chi connectivity index (χ0v) is 15.9. The number of likely N-dealkylation sites (N-methyl/N-ethyl adjacent to an activating group) is 1. The molecule has 28 heavy (non-hydrogen) atoms. The molecule has 1 amide bonds. The minimum Gasteiger partial charge on any atom is -0.497 e. The van der Waals surface area contributed by atoms with Crippen LogP contribution in [0.2, 0.25) is 0 Å². The summed E-state index contributed by atoms with van der Waals surface area (Å²) in [6.45, 7) is 0.505. The maximum atomic E-state index is 13.2. The predicted octanol–water partition coefficient (Wildman–Crippen LogP) is 4.65. The molecule has 3 aromatic carbocycles. The lowest BCUT2D eigenvalue weighted by molar-refractivity contribution is -0.121. The van der Waals surface area contributed by atoms with Gasteiger partial charge in [0.1, 0.15) is 17.6 Å². The third-order valence-electron chi connectivity index (χ3n) is 4.49. The van der Waals surface area contributed by atoms with Crippen LogP contribution < -0.4 is 10.1 Å². The average molecular weight is 378 g/mol. The van der Waals surface area contributed by atoms with Crippen molar-refractivity contribution >= 4 is 11.6 Å². The molecule has 4 nitrogen and oxygen atoms in total. The van der Waals surface area contributed by atoms with Crippen LogP contribution in [0.1, 0.15) is 17.2 Å². The van der Waals surface area contributed by atoms with Gasteiger partial charge in [-0.15, -0.1) is 0 Å². The summed E-state index contributed by atoms with van der Waals surface area (Å²) in [5.74, 6) is 0.250. The molecule has 3 rings (SSSR count). The van der Waals surface area contributed by atoms with E-state index in [9.17, 15) is 9.18 Å². The number of methoxy groups -OCH3 is 1. The highest BCUT2D eigenvalue weighted by atomic mass is 19.1. The Balaban J connectivity index is 1.83. The third-order valence-corrected chi connectivity index (χ3v) is 4.49. The second-order valence-electron chi connectivity index (χ2n) is 6.58. The Kier molecular flexibility index (Phi) is 6.40. The zero-order valence-electron chi connectivity index (χ0n) is 15.9. The smallest absolute Gasteiger partial charge is 0.246 e. The van der Waals surface area contributed by atoms with Gasteiger partial charge in [0, 0.05) is 18.3 Å². The molecule has 0 fully saturated rings. The van der Waals surface area contributed by atoms with Crippen LogP contribution in [0, 0.1) is 5.82 Å². The molecule has 0 radical (unpaired) electrons. The van der Waals surface area contributed by atoms with Crippen LogP contribution in [0.5, 0.6) is 5.75 Å². The molecule has 0 aliphatic heterocycles. The molecule has 3 aromatic rings. The lowest BCUT2D eigenvalue weighted by atomic mass is 10.0. The van der Waals surface area contributed by atoms with Gasteiger partial charge in [-0.25, -0.2) is 4.39 Å². The molecule has 0 unspecified atom stereocenters. The summed E-state index contributed by atoms with van der Waals surface area (Å²) in [5.41, 5.74) is 2.48. The number of nitrogens with zero attached hydrogens (tertiary/aromatic N) is 1. The van der Waals surface area contributed by atoms with Gasteiger partial charge in [0.25, 0.3) is 0 Å². The first-order valence-corrected chi connectivity index (χ1v) is 9.01. The minimum absolute atomic E-state index is 0.149. The van der Waals surface area contributed by atoms with E-state index in [0.717, 1.165) is 11.1 Å². The van der Waals surface area contributed by atoms with Crippen LogP contribution in [0.3, 0.4) is 0 Å². The molecule has 5 heteroatoms. The lowest BCUT2D eigenvalue weighted by Gasteiger charge is -2.27.